The molecule has 0 saturated carbocycles. The molecule has 96 valence electrons. The molecule has 19 heavy (non-hydrogen) atoms. The zero-order valence-corrected chi connectivity index (χ0v) is 11.1. The van der Waals surface area contributed by atoms with Crippen LogP contribution >= 0.6 is 0 Å². The van der Waals surface area contributed by atoms with Gasteiger partial charge in [0.1, 0.15) is 5.75 Å². The van der Waals surface area contributed by atoms with Crippen molar-refractivity contribution in [1.82, 2.24) is 9.55 Å². The average molecular weight is 252 g/mol. The van der Waals surface area contributed by atoms with Gasteiger partial charge >= 0.3 is 0 Å². The number of hydrogen-bond acceptors (Lipinski definition) is 2. The number of aryl methyl sites for hydroxylation is 1. The molecule has 0 N–H and O–H groups in total. The van der Waals surface area contributed by atoms with E-state index in [2.05, 4.69) is 15.6 Å². The first kappa shape index (κ1) is 11.8. The molecule has 0 aliphatic rings. The van der Waals surface area contributed by atoms with E-state index in [1.807, 2.05) is 62.5 Å². The Bertz CT molecular complexity index is 688. The monoisotopic (exact) mass is 252 g/mol. The molecule has 3 aromatic rings. The van der Waals surface area contributed by atoms with Crippen LogP contribution in [0.4, 0.5) is 0 Å². The van der Waals surface area contributed by atoms with Gasteiger partial charge in [0.2, 0.25) is 0 Å². The summed E-state index contributed by atoms with van der Waals surface area (Å²) >= 11 is 0. The van der Waals surface area contributed by atoms with E-state index in [-0.39, 0.29) is 6.10 Å². The van der Waals surface area contributed by atoms with Gasteiger partial charge in [0.25, 0.3) is 0 Å². The second kappa shape index (κ2) is 4.76. The topological polar surface area (TPSA) is 27.1 Å². The van der Waals surface area contributed by atoms with Crippen LogP contribution in [0, 0.1) is 0 Å². The van der Waals surface area contributed by atoms with Crippen LogP contribution in [0.3, 0.4) is 0 Å². The summed E-state index contributed by atoms with van der Waals surface area (Å²) in [5, 5.41) is 0. The van der Waals surface area contributed by atoms with Gasteiger partial charge in [-0.25, -0.2) is 4.98 Å². The lowest BCUT2D eigenvalue weighted by Gasteiger charge is -2.14. The summed E-state index contributed by atoms with van der Waals surface area (Å²) in [4.78, 5) is 4.65. The fourth-order valence-corrected chi connectivity index (χ4v) is 2.28. The average Bonchev–Trinajstić information content (AvgIpc) is 2.78. The molecule has 1 aromatic heterocycles. The predicted octanol–water partition coefficient (Wildman–Crippen LogP) is 3.71. The smallest absolute Gasteiger partial charge is 0.153 e. The van der Waals surface area contributed by atoms with Gasteiger partial charge in [0.05, 0.1) is 11.0 Å². The number of imidazole rings is 1. The molecule has 1 heterocycles. The quantitative estimate of drug-likeness (QED) is 0.710. The Kier molecular flexibility index (Phi) is 2.95. The van der Waals surface area contributed by atoms with E-state index < -0.39 is 0 Å². The van der Waals surface area contributed by atoms with Crippen LogP contribution in [0.2, 0.25) is 0 Å². The second-order valence-electron chi connectivity index (χ2n) is 4.59. The van der Waals surface area contributed by atoms with Crippen molar-refractivity contribution in [2.24, 2.45) is 7.05 Å². The molecule has 0 aliphatic carbocycles. The highest BCUT2D eigenvalue weighted by atomic mass is 16.5. The van der Waals surface area contributed by atoms with Gasteiger partial charge in [-0.3, -0.25) is 0 Å². The maximum atomic E-state index is 5.93. The molecule has 0 spiro atoms. The second-order valence-corrected chi connectivity index (χ2v) is 4.59. The molecule has 3 heteroatoms. The van der Waals surface area contributed by atoms with Crippen LogP contribution < -0.4 is 4.74 Å². The maximum absolute atomic E-state index is 5.93. The molecule has 0 unspecified atom stereocenters. The molecule has 0 saturated heterocycles. The van der Waals surface area contributed by atoms with Crippen molar-refractivity contribution in [2.75, 3.05) is 0 Å². The molecular formula is C16H16N2O. The lowest BCUT2D eigenvalue weighted by atomic mass is 10.3. The third kappa shape index (κ3) is 2.19. The number of aromatic nitrogens is 2. The molecule has 0 radical (unpaired) electrons. The minimum absolute atomic E-state index is 0.0835. The van der Waals surface area contributed by atoms with Crippen molar-refractivity contribution < 1.29 is 4.74 Å². The Balaban J connectivity index is 1.93. The highest BCUT2D eigenvalue weighted by Crippen LogP contribution is 2.23. The Hall–Kier alpha value is -2.29. The number of fused-ring (bicyclic) bond motifs is 1. The molecule has 0 fully saturated rings. The Morgan fingerprint density at radius 2 is 1.68 bits per heavy atom. The number of rotatable bonds is 3. The largest absolute Gasteiger partial charge is 0.483 e. The minimum atomic E-state index is -0.0835. The van der Waals surface area contributed by atoms with Crippen LogP contribution in [-0.4, -0.2) is 9.55 Å². The van der Waals surface area contributed by atoms with E-state index in [0.29, 0.717) is 0 Å². The fourth-order valence-electron chi connectivity index (χ4n) is 2.28. The standard InChI is InChI=1S/C16H16N2O/c1-12(19-13-8-4-3-5-9-13)16-17-14-10-6-7-11-15(14)18(16)2/h3-12H,1-2H3/t12-/m1/s1. The Morgan fingerprint density at radius 3 is 2.42 bits per heavy atom. The first-order valence-corrected chi connectivity index (χ1v) is 6.39. The van der Waals surface area contributed by atoms with Crippen LogP contribution in [0.15, 0.2) is 54.6 Å². The summed E-state index contributed by atoms with van der Waals surface area (Å²) in [5.74, 6) is 1.80. The van der Waals surface area contributed by atoms with E-state index in [0.717, 1.165) is 22.6 Å². The normalized spacial score (nSPS) is 12.5. The van der Waals surface area contributed by atoms with Crippen LogP contribution in [0.25, 0.3) is 11.0 Å². The zero-order chi connectivity index (χ0) is 13.2. The first-order valence-electron chi connectivity index (χ1n) is 6.39. The Morgan fingerprint density at radius 1 is 1.00 bits per heavy atom. The van der Waals surface area contributed by atoms with Gasteiger partial charge in [0.15, 0.2) is 11.9 Å². The van der Waals surface area contributed by atoms with Gasteiger partial charge < -0.3 is 9.30 Å². The van der Waals surface area contributed by atoms with Crippen LogP contribution in [0.5, 0.6) is 5.75 Å². The minimum Gasteiger partial charge on any atom is -0.483 e. The summed E-state index contributed by atoms with van der Waals surface area (Å²) in [6.45, 7) is 2.02. The number of hydrogen-bond donors (Lipinski definition) is 0. The zero-order valence-electron chi connectivity index (χ0n) is 11.1. The summed E-state index contributed by atoms with van der Waals surface area (Å²) in [6, 6.07) is 18.0. The fraction of sp³-hybridized carbons (Fsp3) is 0.188. The van der Waals surface area contributed by atoms with Crippen molar-refractivity contribution in [3.63, 3.8) is 0 Å². The lowest BCUT2D eigenvalue weighted by Crippen LogP contribution is -2.09. The third-order valence-electron chi connectivity index (χ3n) is 3.24. The van der Waals surface area contributed by atoms with Gasteiger partial charge in [-0.1, -0.05) is 30.3 Å². The Labute approximate surface area is 112 Å². The van der Waals surface area contributed by atoms with Gasteiger partial charge in [-0.2, -0.15) is 0 Å². The predicted molar refractivity (Wildman–Crippen MR) is 76.2 cm³/mol. The molecule has 0 aliphatic heterocycles. The lowest BCUT2D eigenvalue weighted by molar-refractivity contribution is 0.213. The van der Waals surface area contributed by atoms with Gasteiger partial charge in [-0.15, -0.1) is 0 Å². The van der Waals surface area contributed by atoms with E-state index in [1.54, 1.807) is 0 Å². The molecule has 2 aromatic carbocycles. The molecule has 0 bridgehead atoms. The highest BCUT2D eigenvalue weighted by Gasteiger charge is 2.15. The van der Waals surface area contributed by atoms with Gasteiger partial charge in [-0.05, 0) is 31.2 Å². The van der Waals surface area contributed by atoms with Crippen molar-refractivity contribution in [3.05, 3.63) is 60.4 Å². The third-order valence-corrected chi connectivity index (χ3v) is 3.24. The molecule has 3 nitrogen and oxygen atoms in total. The summed E-state index contributed by atoms with van der Waals surface area (Å²) in [7, 11) is 2.02. The van der Waals surface area contributed by atoms with Crippen molar-refractivity contribution >= 4 is 11.0 Å². The molecular weight excluding hydrogens is 236 g/mol. The van der Waals surface area contributed by atoms with E-state index in [4.69, 9.17) is 4.74 Å². The first-order chi connectivity index (χ1) is 9.25. The van der Waals surface area contributed by atoms with Crippen LogP contribution in [0.1, 0.15) is 18.9 Å². The molecule has 1 atom stereocenters. The number of ether oxygens (including phenoxy) is 1. The number of para-hydroxylation sites is 3. The molecule has 0 amide bonds. The van der Waals surface area contributed by atoms with Crippen LogP contribution in [-0.2, 0) is 7.05 Å². The number of nitrogens with zero attached hydrogens (tertiary/aromatic N) is 2. The van der Waals surface area contributed by atoms with Crippen molar-refractivity contribution in [1.29, 1.82) is 0 Å². The van der Waals surface area contributed by atoms with Crippen molar-refractivity contribution in [2.45, 2.75) is 13.0 Å². The highest BCUT2D eigenvalue weighted by molar-refractivity contribution is 5.75. The maximum Gasteiger partial charge on any atom is 0.153 e. The summed E-state index contributed by atoms with van der Waals surface area (Å²) in [6.07, 6.45) is -0.0835. The summed E-state index contributed by atoms with van der Waals surface area (Å²) < 4.78 is 8.01. The van der Waals surface area contributed by atoms with Gasteiger partial charge in [0, 0.05) is 7.05 Å². The SMILES string of the molecule is C[C@@H](Oc1ccccc1)c1nc2ccccc2n1C. The molecule has 3 rings (SSSR count). The van der Waals surface area contributed by atoms with E-state index in [1.165, 1.54) is 0 Å². The van der Waals surface area contributed by atoms with E-state index in [9.17, 15) is 0 Å². The summed E-state index contributed by atoms with van der Waals surface area (Å²) in [5.41, 5.74) is 2.13. The number of benzene rings is 2. The van der Waals surface area contributed by atoms with Crippen molar-refractivity contribution in [3.8, 4) is 5.75 Å². The van der Waals surface area contributed by atoms with E-state index >= 15 is 0 Å².